The molecule has 0 unspecified atom stereocenters. The van der Waals surface area contributed by atoms with E-state index in [1.807, 2.05) is 69.4 Å². The third kappa shape index (κ3) is 6.32. The Balaban J connectivity index is 1.91. The van der Waals surface area contributed by atoms with Crippen LogP contribution in [-0.2, 0) is 11.8 Å². The molecule has 1 aromatic carbocycles. The smallest absolute Gasteiger partial charge is 0.253 e. The van der Waals surface area contributed by atoms with E-state index in [0.717, 1.165) is 52.2 Å². The first-order valence-electron chi connectivity index (χ1n) is 12.2. The Kier molecular flexibility index (Phi) is 9.12. The number of methoxy groups -OCH3 is 1. The lowest BCUT2D eigenvalue weighted by Crippen LogP contribution is -2.35. The number of ether oxygens (including phenoxy) is 1. The number of nitrogens with zero attached hydrogens (tertiary/aromatic N) is 4. The van der Waals surface area contributed by atoms with E-state index in [9.17, 15) is 4.79 Å². The van der Waals surface area contributed by atoms with Gasteiger partial charge in [0.05, 0.1) is 24.3 Å². The minimum Gasteiger partial charge on any atom is -0.501 e. The summed E-state index contributed by atoms with van der Waals surface area (Å²) in [7, 11) is 5.72. The topological polar surface area (TPSA) is 50.1 Å². The van der Waals surface area contributed by atoms with Crippen LogP contribution in [0.15, 0.2) is 83.5 Å². The molecule has 0 bridgehead atoms. The van der Waals surface area contributed by atoms with Gasteiger partial charge in [-0.1, -0.05) is 24.8 Å². The Morgan fingerprint density at radius 3 is 2.69 bits per heavy atom. The van der Waals surface area contributed by atoms with E-state index < -0.39 is 0 Å². The van der Waals surface area contributed by atoms with Crippen molar-refractivity contribution >= 4 is 22.5 Å². The third-order valence-corrected chi connectivity index (χ3v) is 6.48. The molecule has 0 fully saturated rings. The van der Waals surface area contributed by atoms with E-state index in [1.54, 1.807) is 13.2 Å². The van der Waals surface area contributed by atoms with Gasteiger partial charge in [-0.15, -0.1) is 0 Å². The highest BCUT2D eigenvalue weighted by Gasteiger charge is 2.20. The lowest BCUT2D eigenvalue weighted by molar-refractivity contribution is 0.0752. The van der Waals surface area contributed by atoms with Crippen molar-refractivity contribution < 1.29 is 9.53 Å². The number of hydrogen-bond donors (Lipinski definition) is 0. The van der Waals surface area contributed by atoms with Crippen molar-refractivity contribution in [3.05, 3.63) is 84.1 Å². The van der Waals surface area contributed by atoms with E-state index in [1.165, 1.54) is 0 Å². The SMILES string of the molecule is C=CC=C1CCN(C(=O)c2ccc3ccn(C)c3c2)CCCCN=C(/C=C(\C)OC)/C(=C\C)N1C. The summed E-state index contributed by atoms with van der Waals surface area (Å²) in [6, 6.07) is 8.03. The summed E-state index contributed by atoms with van der Waals surface area (Å²) in [5, 5.41) is 1.14. The Labute approximate surface area is 209 Å². The van der Waals surface area contributed by atoms with Gasteiger partial charge in [-0.3, -0.25) is 9.79 Å². The maximum atomic E-state index is 13.6. The van der Waals surface area contributed by atoms with Crippen LogP contribution in [0.1, 0.15) is 43.5 Å². The molecule has 0 saturated heterocycles. The molecule has 186 valence electrons. The maximum absolute atomic E-state index is 13.6. The minimum absolute atomic E-state index is 0.0693. The van der Waals surface area contributed by atoms with Crippen LogP contribution in [0.3, 0.4) is 0 Å². The Morgan fingerprint density at radius 2 is 1.97 bits per heavy atom. The van der Waals surface area contributed by atoms with Crippen molar-refractivity contribution in [1.29, 1.82) is 0 Å². The number of aromatic nitrogens is 1. The lowest BCUT2D eigenvalue weighted by atomic mass is 10.1. The summed E-state index contributed by atoms with van der Waals surface area (Å²) in [5.41, 5.74) is 4.76. The molecule has 2 aromatic rings. The molecule has 0 radical (unpaired) electrons. The molecule has 6 heteroatoms. The zero-order valence-electron chi connectivity index (χ0n) is 21.8. The first-order chi connectivity index (χ1) is 16.9. The third-order valence-electron chi connectivity index (χ3n) is 6.48. The molecule has 1 aromatic heterocycles. The van der Waals surface area contributed by atoms with Gasteiger partial charge in [-0.25, -0.2) is 0 Å². The van der Waals surface area contributed by atoms with Crippen LogP contribution in [0.5, 0.6) is 0 Å². The fourth-order valence-electron chi connectivity index (χ4n) is 4.38. The van der Waals surface area contributed by atoms with Gasteiger partial charge in [0.15, 0.2) is 0 Å². The van der Waals surface area contributed by atoms with E-state index in [0.29, 0.717) is 26.1 Å². The molecule has 0 aliphatic carbocycles. The predicted octanol–water partition coefficient (Wildman–Crippen LogP) is 5.70. The van der Waals surface area contributed by atoms with Crippen molar-refractivity contribution in [3.63, 3.8) is 0 Å². The number of carbonyl (C=O) groups excluding carboxylic acids is 1. The first kappa shape index (κ1) is 26.1. The molecule has 0 spiro atoms. The number of aryl methyl sites for hydroxylation is 1. The van der Waals surface area contributed by atoms with Crippen molar-refractivity contribution in [2.24, 2.45) is 12.0 Å². The van der Waals surface area contributed by atoms with E-state index in [-0.39, 0.29) is 5.91 Å². The molecule has 0 saturated carbocycles. The van der Waals surface area contributed by atoms with Gasteiger partial charge in [-0.05, 0) is 56.4 Å². The van der Waals surface area contributed by atoms with Crippen molar-refractivity contribution in [2.45, 2.75) is 33.1 Å². The molecular formula is C29H38N4O2. The van der Waals surface area contributed by atoms with Crippen LogP contribution >= 0.6 is 0 Å². The van der Waals surface area contributed by atoms with Crippen LogP contribution in [0.2, 0.25) is 0 Å². The molecular weight excluding hydrogens is 436 g/mol. The summed E-state index contributed by atoms with van der Waals surface area (Å²) in [4.78, 5) is 22.6. The normalized spacial score (nSPS) is 18.9. The van der Waals surface area contributed by atoms with Gasteiger partial charge in [0.1, 0.15) is 0 Å². The molecule has 1 aliphatic rings. The van der Waals surface area contributed by atoms with E-state index in [2.05, 4.69) is 28.2 Å². The second kappa shape index (κ2) is 12.2. The molecule has 2 heterocycles. The number of amides is 1. The molecule has 6 nitrogen and oxygen atoms in total. The van der Waals surface area contributed by atoms with Crippen LogP contribution < -0.4 is 0 Å². The number of benzene rings is 1. The number of carbonyl (C=O) groups is 1. The highest BCUT2D eigenvalue weighted by atomic mass is 16.5. The standard InChI is InChI=1S/C29H38N4O2/c1-7-11-25-15-19-33(29(34)24-13-12-23-14-18-31(4)28(23)21-24)17-10-9-16-30-26(20-22(3)35-6)27(8-2)32(25)5/h7-8,11-14,18,20-21H,1,9-10,15-17,19H2,2-6H3/b22-20+,25-11?,27-8+,30-26?. The monoisotopic (exact) mass is 474 g/mol. The van der Waals surface area contributed by atoms with Gasteiger partial charge in [0, 0.05) is 69.2 Å². The number of fused-ring (bicyclic) bond motifs is 1. The molecule has 1 amide bonds. The zero-order valence-corrected chi connectivity index (χ0v) is 21.8. The summed E-state index contributed by atoms with van der Waals surface area (Å²) < 4.78 is 7.45. The number of hydrogen-bond acceptors (Lipinski definition) is 4. The van der Waals surface area contributed by atoms with Gasteiger partial charge in [0.2, 0.25) is 0 Å². The van der Waals surface area contributed by atoms with Gasteiger partial charge >= 0.3 is 0 Å². The quantitative estimate of drug-likeness (QED) is 0.534. The predicted molar refractivity (Wildman–Crippen MR) is 146 cm³/mol. The van der Waals surface area contributed by atoms with E-state index in [4.69, 9.17) is 9.73 Å². The minimum atomic E-state index is 0.0693. The van der Waals surface area contributed by atoms with Crippen molar-refractivity contribution in [2.75, 3.05) is 33.8 Å². The van der Waals surface area contributed by atoms with Gasteiger partial charge < -0.3 is 19.1 Å². The first-order valence-corrected chi connectivity index (χ1v) is 12.2. The molecule has 3 rings (SSSR count). The van der Waals surface area contributed by atoms with Crippen LogP contribution in [-0.4, -0.2) is 59.8 Å². The van der Waals surface area contributed by atoms with Crippen molar-refractivity contribution in [3.8, 4) is 0 Å². The van der Waals surface area contributed by atoms with Gasteiger partial charge in [0.25, 0.3) is 5.91 Å². The summed E-state index contributed by atoms with van der Waals surface area (Å²) >= 11 is 0. The average molecular weight is 475 g/mol. The zero-order chi connectivity index (χ0) is 25.4. The second-order valence-corrected chi connectivity index (χ2v) is 8.80. The summed E-state index contributed by atoms with van der Waals surface area (Å²) in [6.45, 7) is 9.88. The van der Waals surface area contributed by atoms with Crippen molar-refractivity contribution in [1.82, 2.24) is 14.4 Å². The number of rotatable bonds is 4. The van der Waals surface area contributed by atoms with Gasteiger partial charge in [-0.2, -0.15) is 0 Å². The Bertz CT molecular complexity index is 1180. The van der Waals surface area contributed by atoms with Crippen LogP contribution in [0.25, 0.3) is 10.9 Å². The molecule has 1 aliphatic heterocycles. The molecule has 35 heavy (non-hydrogen) atoms. The fraction of sp³-hybridized carbons (Fsp3) is 0.379. The van der Waals surface area contributed by atoms with E-state index >= 15 is 0 Å². The highest BCUT2D eigenvalue weighted by molar-refractivity contribution is 6.08. The molecule has 0 N–H and O–H groups in total. The van der Waals surface area contributed by atoms with Crippen LogP contribution in [0, 0.1) is 0 Å². The largest absolute Gasteiger partial charge is 0.501 e. The average Bonchev–Trinajstić information content (AvgIpc) is 3.23. The Morgan fingerprint density at radius 1 is 1.17 bits per heavy atom. The molecule has 0 atom stereocenters. The second-order valence-electron chi connectivity index (χ2n) is 8.80. The number of allylic oxidation sites excluding steroid dienone is 5. The lowest BCUT2D eigenvalue weighted by Gasteiger charge is -2.29. The van der Waals surface area contributed by atoms with Crippen LogP contribution in [0.4, 0.5) is 0 Å². The summed E-state index contributed by atoms with van der Waals surface area (Å²) in [6.07, 6.45) is 12.4. The Hall–Kier alpha value is -3.54. The number of aliphatic imine (C=N–C) groups is 1. The highest BCUT2D eigenvalue weighted by Crippen LogP contribution is 2.22. The fourth-order valence-corrected chi connectivity index (χ4v) is 4.38. The summed E-state index contributed by atoms with van der Waals surface area (Å²) in [5.74, 6) is 0.879. The maximum Gasteiger partial charge on any atom is 0.253 e.